The minimum Gasteiger partial charge on any atom is -0.363 e. The van der Waals surface area contributed by atoms with Crippen LogP contribution in [0.15, 0.2) is 109 Å². The van der Waals surface area contributed by atoms with Gasteiger partial charge in [0.1, 0.15) is 5.41 Å². The summed E-state index contributed by atoms with van der Waals surface area (Å²) in [5, 5.41) is 0. The fourth-order valence-electron chi connectivity index (χ4n) is 4.42. The monoisotopic (exact) mass is 364 g/mol. The van der Waals surface area contributed by atoms with Crippen LogP contribution in [0, 0.1) is 0 Å². The highest BCUT2D eigenvalue weighted by Gasteiger charge is 2.63. The Kier molecular flexibility index (Phi) is 3.87. The molecule has 0 radical (unpaired) electrons. The molecule has 28 heavy (non-hydrogen) atoms. The molecular weight excluding hydrogens is 344 g/mol. The van der Waals surface area contributed by atoms with Gasteiger partial charge in [-0.2, -0.15) is 0 Å². The number of anilines is 1. The predicted molar refractivity (Wildman–Crippen MR) is 111 cm³/mol. The van der Waals surface area contributed by atoms with Crippen molar-refractivity contribution in [3.63, 3.8) is 0 Å². The molecule has 3 aromatic carbocycles. The first kappa shape index (κ1) is 16.6. The number of carbonyl (C=O) groups excluding carboxylic acids is 1. The van der Waals surface area contributed by atoms with Crippen LogP contribution >= 0.6 is 0 Å². The highest BCUT2D eigenvalue weighted by molar-refractivity contribution is 6.12. The van der Waals surface area contributed by atoms with Crippen molar-refractivity contribution in [1.82, 2.24) is 4.98 Å². The van der Waals surface area contributed by atoms with Crippen LogP contribution in [0.4, 0.5) is 5.69 Å². The number of aromatic nitrogens is 1. The van der Waals surface area contributed by atoms with E-state index < -0.39 is 5.41 Å². The lowest BCUT2D eigenvalue weighted by Crippen LogP contribution is -2.67. The van der Waals surface area contributed by atoms with Crippen molar-refractivity contribution in [2.75, 3.05) is 4.90 Å². The Morgan fingerprint density at radius 2 is 1.21 bits per heavy atom. The maximum absolute atomic E-state index is 13.9. The van der Waals surface area contributed by atoms with E-state index in [-0.39, 0.29) is 11.9 Å². The van der Waals surface area contributed by atoms with Crippen LogP contribution in [-0.2, 0) is 10.2 Å². The van der Waals surface area contributed by atoms with E-state index in [4.69, 9.17) is 0 Å². The number of amides is 1. The highest BCUT2D eigenvalue weighted by Crippen LogP contribution is 2.56. The normalized spacial score (nSPS) is 17.9. The van der Waals surface area contributed by atoms with E-state index in [2.05, 4.69) is 35.3 Å². The molecular formula is C25H20N2O. The molecule has 1 aliphatic heterocycles. The van der Waals surface area contributed by atoms with Crippen molar-refractivity contribution < 1.29 is 4.79 Å². The van der Waals surface area contributed by atoms with Crippen LogP contribution in [0.3, 0.4) is 0 Å². The Morgan fingerprint density at radius 3 is 1.71 bits per heavy atom. The van der Waals surface area contributed by atoms with Gasteiger partial charge in [0.05, 0.1) is 6.04 Å². The van der Waals surface area contributed by atoms with Crippen LogP contribution in [0.25, 0.3) is 0 Å². The molecule has 1 saturated heterocycles. The number of H-pyrrole nitrogens is 1. The second-order valence-electron chi connectivity index (χ2n) is 7.08. The third-order valence-electron chi connectivity index (χ3n) is 5.63. The van der Waals surface area contributed by atoms with E-state index in [9.17, 15) is 4.79 Å². The average molecular weight is 364 g/mol. The molecule has 1 atom stereocenters. The molecule has 136 valence electrons. The summed E-state index contributed by atoms with van der Waals surface area (Å²) in [7, 11) is 0. The fourth-order valence-corrected chi connectivity index (χ4v) is 4.42. The molecule has 1 fully saturated rings. The van der Waals surface area contributed by atoms with E-state index in [0.717, 1.165) is 22.5 Å². The molecule has 3 heteroatoms. The largest absolute Gasteiger partial charge is 0.363 e. The third-order valence-corrected chi connectivity index (χ3v) is 5.63. The molecule has 3 nitrogen and oxygen atoms in total. The molecule has 2 heterocycles. The molecule has 0 aliphatic carbocycles. The maximum atomic E-state index is 13.9. The molecule has 1 unspecified atom stereocenters. The molecule has 1 N–H and O–H groups in total. The number of hydrogen-bond acceptors (Lipinski definition) is 1. The second kappa shape index (κ2) is 6.54. The summed E-state index contributed by atoms with van der Waals surface area (Å²) in [6.45, 7) is 0. The Labute approximate surface area is 164 Å². The number of rotatable bonds is 4. The molecule has 1 amide bonds. The van der Waals surface area contributed by atoms with E-state index in [1.165, 1.54) is 0 Å². The average Bonchev–Trinajstić information content (AvgIpc) is 3.28. The summed E-state index contributed by atoms with van der Waals surface area (Å²) in [4.78, 5) is 19.2. The zero-order valence-electron chi connectivity index (χ0n) is 15.3. The van der Waals surface area contributed by atoms with Gasteiger partial charge in [-0.05, 0) is 35.4 Å². The van der Waals surface area contributed by atoms with Crippen molar-refractivity contribution in [3.05, 3.63) is 126 Å². The van der Waals surface area contributed by atoms with Crippen LogP contribution in [-0.4, -0.2) is 10.9 Å². The highest BCUT2D eigenvalue weighted by atomic mass is 16.2. The number of β-lactam (4-membered cyclic amide) rings is 1. The lowest BCUT2D eigenvalue weighted by Gasteiger charge is -2.56. The molecule has 5 rings (SSSR count). The zero-order valence-corrected chi connectivity index (χ0v) is 15.3. The molecule has 0 saturated carbocycles. The maximum Gasteiger partial charge on any atom is 0.245 e. The summed E-state index contributed by atoms with van der Waals surface area (Å²) < 4.78 is 0. The Hall–Kier alpha value is -3.59. The summed E-state index contributed by atoms with van der Waals surface area (Å²) in [5.41, 5.74) is 3.20. The standard InChI is InChI=1S/C25H20N2O/c28-24-25(19-11-4-1-5-12-19,20-13-6-2-7-14-20)23(22-17-10-18-26-22)27(24)21-15-8-3-9-16-21/h1-18,23,26H. The first-order valence-electron chi connectivity index (χ1n) is 9.46. The molecule has 0 bridgehead atoms. The number of benzene rings is 3. The Morgan fingerprint density at radius 1 is 0.679 bits per heavy atom. The van der Waals surface area contributed by atoms with Crippen LogP contribution in [0.1, 0.15) is 22.9 Å². The molecule has 0 spiro atoms. The summed E-state index contributed by atoms with van der Waals surface area (Å²) in [5.74, 6) is 0.0932. The topological polar surface area (TPSA) is 36.1 Å². The quantitative estimate of drug-likeness (QED) is 0.503. The summed E-state index contributed by atoms with van der Waals surface area (Å²) in [6, 6.07) is 34.0. The Balaban J connectivity index is 1.77. The SMILES string of the molecule is O=C1N(c2ccccc2)C(c2ccc[nH]2)C1(c1ccccc1)c1ccccc1. The second-order valence-corrected chi connectivity index (χ2v) is 7.08. The van der Waals surface area contributed by atoms with E-state index in [1.807, 2.05) is 83.9 Å². The van der Waals surface area contributed by atoms with Crippen LogP contribution < -0.4 is 4.90 Å². The number of nitrogens with zero attached hydrogens (tertiary/aromatic N) is 1. The third kappa shape index (κ3) is 2.26. The molecule has 4 aromatic rings. The zero-order chi connectivity index (χ0) is 19.0. The van der Waals surface area contributed by atoms with Crippen molar-refractivity contribution in [2.24, 2.45) is 0 Å². The van der Waals surface area contributed by atoms with Gasteiger partial charge in [0, 0.05) is 17.6 Å². The van der Waals surface area contributed by atoms with Crippen molar-refractivity contribution in [1.29, 1.82) is 0 Å². The lowest BCUT2D eigenvalue weighted by atomic mass is 9.60. The first-order valence-corrected chi connectivity index (χ1v) is 9.46. The smallest absolute Gasteiger partial charge is 0.245 e. The minimum atomic E-state index is -0.761. The number of aromatic amines is 1. The van der Waals surface area contributed by atoms with Crippen molar-refractivity contribution in [2.45, 2.75) is 11.5 Å². The first-order chi connectivity index (χ1) is 13.8. The van der Waals surface area contributed by atoms with Gasteiger partial charge in [0.2, 0.25) is 5.91 Å². The van der Waals surface area contributed by atoms with Gasteiger partial charge in [-0.3, -0.25) is 4.79 Å². The van der Waals surface area contributed by atoms with E-state index in [1.54, 1.807) is 0 Å². The molecule has 1 aromatic heterocycles. The van der Waals surface area contributed by atoms with Gasteiger partial charge in [0.15, 0.2) is 0 Å². The van der Waals surface area contributed by atoms with E-state index in [0.29, 0.717) is 0 Å². The van der Waals surface area contributed by atoms with Gasteiger partial charge < -0.3 is 9.88 Å². The van der Waals surface area contributed by atoms with Gasteiger partial charge in [-0.25, -0.2) is 0 Å². The number of nitrogens with one attached hydrogen (secondary N) is 1. The van der Waals surface area contributed by atoms with Gasteiger partial charge >= 0.3 is 0 Å². The van der Waals surface area contributed by atoms with Gasteiger partial charge in [0.25, 0.3) is 0 Å². The van der Waals surface area contributed by atoms with E-state index >= 15 is 0 Å². The van der Waals surface area contributed by atoms with Gasteiger partial charge in [-0.15, -0.1) is 0 Å². The summed E-state index contributed by atoms with van der Waals surface area (Å²) >= 11 is 0. The predicted octanol–water partition coefficient (Wildman–Crippen LogP) is 5.09. The minimum absolute atomic E-state index is 0.0932. The Bertz CT molecular complexity index is 1030. The van der Waals surface area contributed by atoms with Crippen LogP contribution in [0.2, 0.25) is 0 Å². The lowest BCUT2D eigenvalue weighted by molar-refractivity contribution is -0.131. The van der Waals surface area contributed by atoms with Gasteiger partial charge in [-0.1, -0.05) is 78.9 Å². The fraction of sp³-hybridized carbons (Fsp3) is 0.0800. The molecule has 1 aliphatic rings. The van der Waals surface area contributed by atoms with Crippen molar-refractivity contribution in [3.8, 4) is 0 Å². The number of para-hydroxylation sites is 1. The van der Waals surface area contributed by atoms with Crippen molar-refractivity contribution >= 4 is 11.6 Å². The number of carbonyl (C=O) groups is 1. The summed E-state index contributed by atoms with van der Waals surface area (Å²) in [6.07, 6.45) is 1.92. The van der Waals surface area contributed by atoms with Crippen LogP contribution in [0.5, 0.6) is 0 Å². The number of hydrogen-bond donors (Lipinski definition) is 1.